The minimum Gasteiger partial charge on any atom is -0.443 e. The van der Waals surface area contributed by atoms with E-state index in [4.69, 9.17) is 20.1 Å². The number of nitrogens with one attached hydrogen (secondary N) is 1. The second-order valence-electron chi connectivity index (χ2n) is 7.87. The monoisotopic (exact) mass is 407 g/mol. The fraction of sp³-hybridized carbons (Fsp3) is 0.292. The van der Waals surface area contributed by atoms with Crippen LogP contribution in [0, 0.1) is 74.4 Å². The van der Waals surface area contributed by atoms with Crippen LogP contribution in [0.3, 0.4) is 0 Å². The largest absolute Gasteiger partial charge is 0.443 e. The lowest BCUT2D eigenvalue weighted by Crippen LogP contribution is -2.57. The minimum absolute atomic E-state index is 0.405. The standard InChI is InChI=1S/C24H17N5O2/c1-15-3-9-19(10-4-15)24-16(2)23(14-28,21(29)31-24)22(12-26,13-27)20(30-24)18-7-5-17(11-25)6-8-18/h3-10,16,20,29H,1-2H3. The van der Waals surface area contributed by atoms with Gasteiger partial charge in [0.2, 0.25) is 17.1 Å². The van der Waals surface area contributed by atoms with Crippen LogP contribution in [0.25, 0.3) is 0 Å². The Bertz CT molecular complexity index is 1230. The smallest absolute Gasteiger partial charge is 0.244 e. The van der Waals surface area contributed by atoms with Gasteiger partial charge in [0.15, 0.2) is 5.41 Å². The van der Waals surface area contributed by atoms with Crippen molar-refractivity contribution in [1.29, 1.82) is 26.5 Å². The van der Waals surface area contributed by atoms with Crippen molar-refractivity contribution in [3.63, 3.8) is 0 Å². The fourth-order valence-electron chi connectivity index (χ4n) is 4.69. The predicted octanol–water partition coefficient (Wildman–Crippen LogP) is 3.98. The summed E-state index contributed by atoms with van der Waals surface area (Å²) in [4.78, 5) is 0. The average molecular weight is 407 g/mol. The van der Waals surface area contributed by atoms with Gasteiger partial charge in [0.25, 0.3) is 0 Å². The lowest BCUT2D eigenvalue weighted by molar-refractivity contribution is -0.288. The maximum atomic E-state index is 10.3. The molecular formula is C24H17N5O2. The van der Waals surface area contributed by atoms with Gasteiger partial charge >= 0.3 is 0 Å². The molecule has 4 unspecified atom stereocenters. The van der Waals surface area contributed by atoms with Crippen molar-refractivity contribution in [2.45, 2.75) is 25.7 Å². The zero-order chi connectivity index (χ0) is 22.4. The van der Waals surface area contributed by atoms with Gasteiger partial charge in [-0.2, -0.15) is 21.0 Å². The molecule has 2 aliphatic rings. The van der Waals surface area contributed by atoms with Gasteiger partial charge in [0, 0.05) is 5.56 Å². The zero-order valence-corrected chi connectivity index (χ0v) is 16.9. The molecule has 2 aromatic rings. The van der Waals surface area contributed by atoms with E-state index in [9.17, 15) is 15.8 Å². The quantitative estimate of drug-likeness (QED) is 0.799. The van der Waals surface area contributed by atoms with Crippen LogP contribution in [-0.2, 0) is 15.3 Å². The van der Waals surface area contributed by atoms with Gasteiger partial charge in [-0.15, -0.1) is 0 Å². The lowest BCUT2D eigenvalue weighted by atomic mass is 9.53. The van der Waals surface area contributed by atoms with Crippen molar-refractivity contribution in [1.82, 2.24) is 0 Å². The van der Waals surface area contributed by atoms with Crippen molar-refractivity contribution in [2.75, 3.05) is 0 Å². The maximum Gasteiger partial charge on any atom is 0.244 e. The van der Waals surface area contributed by atoms with Gasteiger partial charge in [0.1, 0.15) is 6.10 Å². The molecule has 2 aromatic carbocycles. The highest BCUT2D eigenvalue weighted by Gasteiger charge is 2.79. The molecule has 0 spiro atoms. The van der Waals surface area contributed by atoms with Gasteiger partial charge < -0.3 is 9.47 Å². The summed E-state index contributed by atoms with van der Waals surface area (Å²) in [7, 11) is 0. The van der Waals surface area contributed by atoms with Gasteiger partial charge in [-0.05, 0) is 24.6 Å². The number of nitrogens with zero attached hydrogens (tertiary/aromatic N) is 4. The molecule has 7 nitrogen and oxygen atoms in total. The molecule has 2 aliphatic heterocycles. The van der Waals surface area contributed by atoms with Crippen LogP contribution < -0.4 is 0 Å². The van der Waals surface area contributed by atoms with Gasteiger partial charge in [-0.1, -0.05) is 48.9 Å². The van der Waals surface area contributed by atoms with E-state index in [1.165, 1.54) is 0 Å². The molecule has 2 heterocycles. The van der Waals surface area contributed by atoms with Crippen LogP contribution in [0.4, 0.5) is 0 Å². The van der Waals surface area contributed by atoms with E-state index in [1.54, 1.807) is 43.3 Å². The van der Waals surface area contributed by atoms with E-state index in [-0.39, 0.29) is 0 Å². The number of nitriles is 4. The number of fused-ring (bicyclic) bond motifs is 2. The zero-order valence-electron chi connectivity index (χ0n) is 16.9. The van der Waals surface area contributed by atoms with Crippen LogP contribution in [0.2, 0.25) is 0 Å². The molecule has 7 heteroatoms. The average Bonchev–Trinajstić information content (AvgIpc) is 2.96. The number of hydrogen-bond donors (Lipinski definition) is 1. The summed E-state index contributed by atoms with van der Waals surface area (Å²) in [6.07, 6.45) is -1.18. The Morgan fingerprint density at radius 3 is 2.03 bits per heavy atom. The first-order chi connectivity index (χ1) is 14.8. The molecule has 0 aliphatic carbocycles. The second-order valence-corrected chi connectivity index (χ2v) is 7.87. The number of ether oxygens (including phenoxy) is 2. The molecule has 0 saturated carbocycles. The molecule has 31 heavy (non-hydrogen) atoms. The Morgan fingerprint density at radius 2 is 1.52 bits per heavy atom. The molecule has 0 aromatic heterocycles. The molecule has 4 rings (SSSR count). The fourth-order valence-corrected chi connectivity index (χ4v) is 4.69. The third-order valence-corrected chi connectivity index (χ3v) is 6.47. The van der Waals surface area contributed by atoms with Crippen molar-refractivity contribution >= 4 is 5.90 Å². The van der Waals surface area contributed by atoms with Crippen LogP contribution in [0.1, 0.15) is 35.3 Å². The van der Waals surface area contributed by atoms with E-state index in [0.29, 0.717) is 16.7 Å². The highest BCUT2D eigenvalue weighted by Crippen LogP contribution is 2.68. The first kappa shape index (κ1) is 20.1. The van der Waals surface area contributed by atoms with E-state index in [1.807, 2.05) is 37.3 Å². The molecule has 0 amide bonds. The number of benzene rings is 2. The van der Waals surface area contributed by atoms with Crippen molar-refractivity contribution in [3.8, 4) is 24.3 Å². The molecule has 4 atom stereocenters. The van der Waals surface area contributed by atoms with Crippen molar-refractivity contribution in [2.24, 2.45) is 16.7 Å². The third-order valence-electron chi connectivity index (χ3n) is 6.47. The molecule has 2 saturated heterocycles. The Labute approximate surface area is 179 Å². The summed E-state index contributed by atoms with van der Waals surface area (Å²) in [5.74, 6) is -2.78. The van der Waals surface area contributed by atoms with Crippen LogP contribution in [0.15, 0.2) is 48.5 Å². The van der Waals surface area contributed by atoms with Crippen molar-refractivity contribution < 1.29 is 9.47 Å². The summed E-state index contributed by atoms with van der Waals surface area (Å²) in [6.45, 7) is 3.60. The highest BCUT2D eigenvalue weighted by molar-refractivity contribution is 5.89. The summed E-state index contributed by atoms with van der Waals surface area (Å²) < 4.78 is 12.4. The van der Waals surface area contributed by atoms with Gasteiger partial charge in [-0.25, -0.2) is 0 Å². The molecule has 2 bridgehead atoms. The summed E-state index contributed by atoms with van der Waals surface area (Å²) in [6, 6.07) is 21.8. The van der Waals surface area contributed by atoms with Gasteiger partial charge in [0.05, 0.1) is 35.8 Å². The summed E-state index contributed by atoms with van der Waals surface area (Å²) in [5, 5.41) is 48.4. The summed E-state index contributed by atoms with van der Waals surface area (Å²) >= 11 is 0. The first-order valence-corrected chi connectivity index (χ1v) is 9.62. The Balaban J connectivity index is 2.02. The third kappa shape index (κ3) is 2.30. The predicted molar refractivity (Wildman–Crippen MR) is 108 cm³/mol. The normalized spacial score (nSPS) is 30.2. The van der Waals surface area contributed by atoms with Crippen molar-refractivity contribution in [3.05, 3.63) is 70.8 Å². The molecular weight excluding hydrogens is 390 g/mol. The Kier molecular flexibility index (Phi) is 4.33. The Morgan fingerprint density at radius 1 is 0.903 bits per heavy atom. The topological polar surface area (TPSA) is 137 Å². The molecule has 0 radical (unpaired) electrons. The van der Waals surface area contributed by atoms with Crippen LogP contribution >= 0.6 is 0 Å². The Hall–Kier alpha value is -4.17. The van der Waals surface area contributed by atoms with E-state index in [0.717, 1.165) is 5.56 Å². The number of aryl methyl sites for hydroxylation is 1. The second kappa shape index (κ2) is 6.68. The maximum absolute atomic E-state index is 10.3. The first-order valence-electron chi connectivity index (χ1n) is 9.62. The minimum atomic E-state index is -2.03. The van der Waals surface area contributed by atoms with Gasteiger partial charge in [-0.3, -0.25) is 5.41 Å². The van der Waals surface area contributed by atoms with E-state index < -0.39 is 34.5 Å². The SMILES string of the molecule is Cc1ccc(C23OC(=N)C(C#N)(C2C)C(C#N)(C#N)C(c2ccc(C#N)cc2)O3)cc1. The number of hydrogen-bond acceptors (Lipinski definition) is 7. The van der Waals surface area contributed by atoms with E-state index >= 15 is 0 Å². The number of rotatable bonds is 2. The molecule has 1 N–H and O–H groups in total. The lowest BCUT2D eigenvalue weighted by Gasteiger charge is -2.48. The van der Waals surface area contributed by atoms with Crippen LogP contribution in [0.5, 0.6) is 0 Å². The van der Waals surface area contributed by atoms with Crippen LogP contribution in [-0.4, -0.2) is 5.90 Å². The summed E-state index contributed by atoms with van der Waals surface area (Å²) in [5.41, 5.74) is -1.42. The highest BCUT2D eigenvalue weighted by atomic mass is 16.7. The molecule has 150 valence electrons. The van der Waals surface area contributed by atoms with E-state index in [2.05, 4.69) is 6.07 Å². The molecule has 2 fully saturated rings.